The molecule has 0 fully saturated rings. The van der Waals surface area contributed by atoms with Gasteiger partial charge in [-0.25, -0.2) is 9.59 Å². The number of hydrogen-bond donors (Lipinski definition) is 4. The molecule has 4 aromatic rings. The van der Waals surface area contributed by atoms with Crippen LogP contribution >= 0.6 is 11.8 Å². The number of anilines is 2. The first-order valence-electron chi connectivity index (χ1n) is 12.2. The summed E-state index contributed by atoms with van der Waals surface area (Å²) in [6, 6.07) is 25.3. The smallest absolute Gasteiger partial charge is 0.336 e. The molecule has 4 rings (SSSR count). The Labute approximate surface area is 235 Å². The minimum Gasteiger partial charge on any atom is -0.478 e. The van der Waals surface area contributed by atoms with Gasteiger partial charge in [-0.3, -0.25) is 9.59 Å². The number of hydrogen-bond acceptors (Lipinski definition) is 5. The first-order chi connectivity index (χ1) is 19.1. The third-order valence-electron chi connectivity index (χ3n) is 6.16. The van der Waals surface area contributed by atoms with Gasteiger partial charge in [-0.2, -0.15) is 0 Å². The summed E-state index contributed by atoms with van der Waals surface area (Å²) in [5.41, 5.74) is 3.02. The Morgan fingerprint density at radius 3 is 2.02 bits per heavy atom. The van der Waals surface area contributed by atoms with E-state index in [-0.39, 0.29) is 17.0 Å². The monoisotopic (exact) mass is 554 g/mol. The number of aryl methyl sites for hydroxylation is 2. The number of amides is 2. The van der Waals surface area contributed by atoms with Crippen molar-refractivity contribution < 1.29 is 29.4 Å². The van der Waals surface area contributed by atoms with Crippen molar-refractivity contribution in [3.05, 3.63) is 124 Å². The summed E-state index contributed by atoms with van der Waals surface area (Å²) in [6.45, 7) is 3.87. The summed E-state index contributed by atoms with van der Waals surface area (Å²) in [4.78, 5) is 50.1. The van der Waals surface area contributed by atoms with E-state index in [0.717, 1.165) is 28.4 Å². The summed E-state index contributed by atoms with van der Waals surface area (Å²) >= 11 is 1.31. The highest BCUT2D eigenvalue weighted by Gasteiger charge is 2.24. The zero-order chi connectivity index (χ0) is 28.8. The van der Waals surface area contributed by atoms with Gasteiger partial charge in [0.2, 0.25) is 5.91 Å². The second-order valence-corrected chi connectivity index (χ2v) is 10.2. The molecule has 0 saturated heterocycles. The van der Waals surface area contributed by atoms with Crippen molar-refractivity contribution in [1.29, 1.82) is 0 Å². The largest absolute Gasteiger partial charge is 0.478 e. The molecule has 4 aromatic carbocycles. The van der Waals surface area contributed by atoms with Gasteiger partial charge in [0.05, 0.1) is 16.7 Å². The number of para-hydroxylation sites is 1. The molecule has 0 heterocycles. The average molecular weight is 555 g/mol. The molecule has 0 saturated carbocycles. The summed E-state index contributed by atoms with van der Waals surface area (Å²) in [5.74, 6) is -3.62. The maximum Gasteiger partial charge on any atom is 0.336 e. The molecule has 0 aliphatic carbocycles. The number of carbonyl (C=O) groups is 4. The highest BCUT2D eigenvalue weighted by molar-refractivity contribution is 8.00. The standard InChI is InChI=1S/C31H26N2O6S/c1-18-8-6-9-19(2)26(18)33-29(35)27(20-10-4-3-5-11-20)40-23-13-7-12-22(17-23)32-28(34)24-15-14-21(30(36)37)16-25(24)31(38)39/h3-17,27H,1-2H3,(H,32,34)(H,33,35)(H,36,37)(H,38,39). The zero-order valence-electron chi connectivity index (χ0n) is 21.7. The minimum absolute atomic E-state index is 0.175. The number of benzene rings is 4. The van der Waals surface area contributed by atoms with Crippen LogP contribution in [-0.4, -0.2) is 34.0 Å². The molecule has 202 valence electrons. The number of rotatable bonds is 9. The van der Waals surface area contributed by atoms with E-state index in [9.17, 15) is 24.3 Å². The average Bonchev–Trinajstić information content (AvgIpc) is 2.94. The van der Waals surface area contributed by atoms with E-state index in [1.165, 1.54) is 23.9 Å². The molecule has 40 heavy (non-hydrogen) atoms. The third-order valence-corrected chi connectivity index (χ3v) is 7.41. The van der Waals surface area contributed by atoms with Crippen molar-refractivity contribution in [3.63, 3.8) is 0 Å². The van der Waals surface area contributed by atoms with Gasteiger partial charge in [0, 0.05) is 16.3 Å². The number of carbonyl (C=O) groups excluding carboxylic acids is 2. The van der Waals surface area contributed by atoms with E-state index in [1.54, 1.807) is 18.2 Å². The molecular formula is C31H26N2O6S. The molecule has 8 nitrogen and oxygen atoms in total. The van der Waals surface area contributed by atoms with Gasteiger partial charge >= 0.3 is 11.9 Å². The fourth-order valence-electron chi connectivity index (χ4n) is 4.14. The predicted molar refractivity (Wildman–Crippen MR) is 154 cm³/mol. The number of nitrogens with one attached hydrogen (secondary N) is 2. The Balaban J connectivity index is 1.59. The van der Waals surface area contributed by atoms with Crippen molar-refractivity contribution in [2.45, 2.75) is 24.0 Å². The maximum absolute atomic E-state index is 13.5. The van der Waals surface area contributed by atoms with Crippen LogP contribution in [0.5, 0.6) is 0 Å². The molecule has 9 heteroatoms. The molecule has 1 atom stereocenters. The van der Waals surface area contributed by atoms with Crippen molar-refractivity contribution >= 4 is 46.9 Å². The van der Waals surface area contributed by atoms with Gasteiger partial charge in [0.1, 0.15) is 5.25 Å². The Morgan fingerprint density at radius 1 is 0.700 bits per heavy atom. The highest BCUT2D eigenvalue weighted by atomic mass is 32.2. The number of aromatic carboxylic acids is 2. The van der Waals surface area contributed by atoms with Gasteiger partial charge < -0.3 is 20.8 Å². The Kier molecular flexibility index (Phi) is 8.66. The number of carboxylic acids is 2. The van der Waals surface area contributed by atoms with Crippen LogP contribution in [0.3, 0.4) is 0 Å². The van der Waals surface area contributed by atoms with Gasteiger partial charge in [-0.05, 0) is 66.9 Å². The van der Waals surface area contributed by atoms with Crippen LogP contribution in [0, 0.1) is 13.8 Å². The van der Waals surface area contributed by atoms with Gasteiger partial charge in [0.25, 0.3) is 5.91 Å². The molecule has 0 aliphatic rings. The molecule has 0 spiro atoms. The SMILES string of the molecule is Cc1cccc(C)c1NC(=O)C(Sc1cccc(NC(=O)c2ccc(C(=O)O)cc2C(=O)O)c1)c1ccccc1. The fourth-order valence-corrected chi connectivity index (χ4v) is 5.22. The molecule has 0 bridgehead atoms. The van der Waals surface area contributed by atoms with Crippen molar-refractivity contribution in [1.82, 2.24) is 0 Å². The molecule has 1 unspecified atom stereocenters. The topological polar surface area (TPSA) is 133 Å². The van der Waals surface area contributed by atoms with E-state index in [0.29, 0.717) is 10.6 Å². The van der Waals surface area contributed by atoms with Crippen molar-refractivity contribution in [2.75, 3.05) is 10.6 Å². The van der Waals surface area contributed by atoms with Crippen LogP contribution in [0.25, 0.3) is 0 Å². The van der Waals surface area contributed by atoms with Crippen molar-refractivity contribution in [3.8, 4) is 0 Å². The Bertz CT molecular complexity index is 1580. The maximum atomic E-state index is 13.5. The van der Waals surface area contributed by atoms with Crippen LogP contribution in [0.15, 0.2) is 95.9 Å². The lowest BCUT2D eigenvalue weighted by Gasteiger charge is -2.19. The summed E-state index contributed by atoms with van der Waals surface area (Å²) in [7, 11) is 0. The van der Waals surface area contributed by atoms with Gasteiger partial charge in [-0.1, -0.05) is 54.6 Å². The normalized spacial score (nSPS) is 11.3. The van der Waals surface area contributed by atoms with Crippen LogP contribution < -0.4 is 10.6 Å². The lowest BCUT2D eigenvalue weighted by molar-refractivity contribution is -0.115. The quantitative estimate of drug-likeness (QED) is 0.175. The molecule has 0 aromatic heterocycles. The van der Waals surface area contributed by atoms with Gasteiger partial charge in [0.15, 0.2) is 0 Å². The first kappa shape index (κ1) is 28.1. The van der Waals surface area contributed by atoms with Crippen LogP contribution in [-0.2, 0) is 4.79 Å². The molecule has 0 radical (unpaired) electrons. The van der Waals surface area contributed by atoms with E-state index in [4.69, 9.17) is 5.11 Å². The fraction of sp³-hybridized carbons (Fsp3) is 0.0968. The van der Waals surface area contributed by atoms with E-state index < -0.39 is 28.7 Å². The molecule has 2 amide bonds. The second kappa shape index (κ2) is 12.3. The van der Waals surface area contributed by atoms with Crippen LogP contribution in [0.1, 0.15) is 53.0 Å². The van der Waals surface area contributed by atoms with E-state index >= 15 is 0 Å². The molecular weight excluding hydrogens is 528 g/mol. The third kappa shape index (κ3) is 6.57. The lowest BCUT2D eigenvalue weighted by Crippen LogP contribution is -2.20. The van der Waals surface area contributed by atoms with Crippen molar-refractivity contribution in [2.24, 2.45) is 0 Å². The number of carboxylic acid groups (broad SMARTS) is 2. The summed E-state index contributed by atoms with van der Waals surface area (Å²) in [5, 5.41) is 23.8. The first-order valence-corrected chi connectivity index (χ1v) is 13.1. The van der Waals surface area contributed by atoms with E-state index in [2.05, 4.69) is 10.6 Å². The number of thioether (sulfide) groups is 1. The molecule has 4 N–H and O–H groups in total. The Hall–Kier alpha value is -4.89. The molecule has 0 aliphatic heterocycles. The zero-order valence-corrected chi connectivity index (χ0v) is 22.5. The second-order valence-electron chi connectivity index (χ2n) is 9.02. The Morgan fingerprint density at radius 2 is 1.38 bits per heavy atom. The minimum atomic E-state index is -1.42. The van der Waals surface area contributed by atoms with E-state index in [1.807, 2.05) is 68.4 Å². The summed E-state index contributed by atoms with van der Waals surface area (Å²) < 4.78 is 0. The van der Waals surface area contributed by atoms with Gasteiger partial charge in [-0.15, -0.1) is 11.8 Å². The summed E-state index contributed by atoms with van der Waals surface area (Å²) in [6.07, 6.45) is 0. The predicted octanol–water partition coefficient (Wildman–Crippen LogP) is 6.42. The van der Waals surface area contributed by atoms with Crippen LogP contribution in [0.2, 0.25) is 0 Å². The highest BCUT2D eigenvalue weighted by Crippen LogP contribution is 2.37. The lowest BCUT2D eigenvalue weighted by atomic mass is 10.0. The van der Waals surface area contributed by atoms with Crippen LogP contribution in [0.4, 0.5) is 11.4 Å².